The number of nitrogens with one attached hydrogen (secondary N) is 1. The summed E-state index contributed by atoms with van der Waals surface area (Å²) in [6.45, 7) is 7.79. The van der Waals surface area contributed by atoms with Crippen molar-refractivity contribution < 1.29 is 14.4 Å². The van der Waals surface area contributed by atoms with Gasteiger partial charge in [-0.15, -0.1) is 0 Å². The summed E-state index contributed by atoms with van der Waals surface area (Å²) in [6, 6.07) is 3.48. The maximum atomic E-state index is 12.0. The highest BCUT2D eigenvalue weighted by atomic mass is 16.7. The fourth-order valence-corrected chi connectivity index (χ4v) is 1.95. The molecular formula is C13H20BNO4. The second kappa shape index (κ2) is 4.78. The van der Waals surface area contributed by atoms with Gasteiger partial charge in [-0.05, 0) is 33.8 Å². The summed E-state index contributed by atoms with van der Waals surface area (Å²) in [7, 11) is -0.656. The van der Waals surface area contributed by atoms with E-state index in [9.17, 15) is 4.79 Å². The summed E-state index contributed by atoms with van der Waals surface area (Å²) in [4.78, 5) is 14.8. The molecule has 0 unspecified atom stereocenters. The molecule has 2 rings (SSSR count). The smallest absolute Gasteiger partial charge is 0.399 e. The van der Waals surface area contributed by atoms with Gasteiger partial charge in [0, 0.05) is 24.2 Å². The highest BCUT2D eigenvalue weighted by Gasteiger charge is 2.52. The van der Waals surface area contributed by atoms with E-state index >= 15 is 0 Å². The summed E-state index contributed by atoms with van der Waals surface area (Å²) in [6.07, 6.45) is 0.429. The van der Waals surface area contributed by atoms with Crippen molar-refractivity contribution in [3.8, 4) is 0 Å². The Morgan fingerprint density at radius 1 is 1.21 bits per heavy atom. The molecule has 19 heavy (non-hydrogen) atoms. The van der Waals surface area contributed by atoms with E-state index in [1.165, 1.54) is 0 Å². The molecule has 0 aliphatic carbocycles. The lowest BCUT2D eigenvalue weighted by Gasteiger charge is -2.32. The lowest BCUT2D eigenvalue weighted by Crippen LogP contribution is -2.45. The average Bonchev–Trinajstić information content (AvgIpc) is 2.48. The Hall–Kier alpha value is -1.11. The molecule has 6 heteroatoms. The second-order valence-electron chi connectivity index (χ2n) is 5.83. The van der Waals surface area contributed by atoms with Crippen molar-refractivity contribution in [2.45, 2.75) is 45.3 Å². The lowest BCUT2D eigenvalue weighted by molar-refractivity contribution is 0.00578. The van der Waals surface area contributed by atoms with Crippen LogP contribution >= 0.6 is 0 Å². The van der Waals surface area contributed by atoms with Crippen molar-refractivity contribution in [1.82, 2.24) is 4.98 Å². The molecular weight excluding hydrogens is 245 g/mol. The number of aromatic nitrogens is 1. The van der Waals surface area contributed by atoms with Gasteiger partial charge >= 0.3 is 7.12 Å². The average molecular weight is 265 g/mol. The largest absolute Gasteiger partial charge is 0.500 e. The number of aliphatic hydroxyl groups excluding tert-OH is 1. The number of hydrogen-bond donors (Lipinski definition) is 2. The van der Waals surface area contributed by atoms with Crippen LogP contribution in [0, 0.1) is 0 Å². The fourth-order valence-electron chi connectivity index (χ4n) is 1.95. The van der Waals surface area contributed by atoms with Gasteiger partial charge in [0.05, 0.1) is 11.2 Å². The number of pyridine rings is 1. The quantitative estimate of drug-likeness (QED) is 0.766. The number of aromatic amines is 1. The monoisotopic (exact) mass is 265 g/mol. The van der Waals surface area contributed by atoms with Crippen molar-refractivity contribution in [3.63, 3.8) is 0 Å². The number of hydrogen-bond acceptors (Lipinski definition) is 4. The second-order valence-corrected chi connectivity index (χ2v) is 5.83. The van der Waals surface area contributed by atoms with E-state index in [0.717, 1.165) is 0 Å². The van der Waals surface area contributed by atoms with Gasteiger partial charge in [-0.1, -0.05) is 6.07 Å². The van der Waals surface area contributed by atoms with Crippen LogP contribution in [0.1, 0.15) is 33.4 Å². The summed E-state index contributed by atoms with van der Waals surface area (Å²) in [5, 5.41) is 8.86. The molecule has 1 aromatic rings. The van der Waals surface area contributed by atoms with Crippen molar-refractivity contribution in [3.05, 3.63) is 28.2 Å². The zero-order valence-corrected chi connectivity index (χ0v) is 11.8. The first-order valence-corrected chi connectivity index (χ1v) is 6.45. The number of aliphatic hydroxyl groups is 1. The summed E-state index contributed by atoms with van der Waals surface area (Å²) in [5.41, 5.74) is -0.000523. The highest BCUT2D eigenvalue weighted by molar-refractivity contribution is 6.61. The van der Waals surface area contributed by atoms with E-state index in [0.29, 0.717) is 17.6 Å². The van der Waals surface area contributed by atoms with Gasteiger partial charge in [-0.3, -0.25) is 4.79 Å². The number of rotatable bonds is 3. The molecule has 0 spiro atoms. The minimum absolute atomic E-state index is 0.00573. The Kier molecular flexibility index (Phi) is 3.60. The molecule has 0 radical (unpaired) electrons. The Morgan fingerprint density at radius 3 is 2.26 bits per heavy atom. The topological polar surface area (TPSA) is 71.5 Å². The molecule has 1 saturated heterocycles. The third kappa shape index (κ3) is 2.61. The molecule has 1 aromatic heterocycles. The molecule has 1 aliphatic rings. The Bertz CT molecular complexity index is 508. The van der Waals surface area contributed by atoms with Gasteiger partial charge in [-0.2, -0.15) is 0 Å². The van der Waals surface area contributed by atoms with Gasteiger partial charge < -0.3 is 19.4 Å². The first-order valence-electron chi connectivity index (χ1n) is 6.45. The molecule has 0 amide bonds. The van der Waals surface area contributed by atoms with Gasteiger partial charge in [-0.25, -0.2) is 0 Å². The van der Waals surface area contributed by atoms with Crippen LogP contribution in [0.5, 0.6) is 0 Å². The molecule has 104 valence electrons. The minimum Gasteiger partial charge on any atom is -0.399 e. The minimum atomic E-state index is -0.656. The van der Waals surface area contributed by atoms with Crippen molar-refractivity contribution >= 4 is 12.6 Å². The van der Waals surface area contributed by atoms with Gasteiger partial charge in [0.25, 0.3) is 0 Å². The van der Waals surface area contributed by atoms with Crippen LogP contribution in [-0.4, -0.2) is 35.0 Å². The van der Waals surface area contributed by atoms with Gasteiger partial charge in [0.2, 0.25) is 5.56 Å². The Balaban J connectivity index is 2.28. The van der Waals surface area contributed by atoms with Crippen LogP contribution in [-0.2, 0) is 15.7 Å². The van der Waals surface area contributed by atoms with E-state index in [4.69, 9.17) is 14.4 Å². The van der Waals surface area contributed by atoms with Crippen LogP contribution < -0.4 is 11.0 Å². The molecule has 1 aliphatic heterocycles. The van der Waals surface area contributed by atoms with Gasteiger partial charge in [0.15, 0.2) is 0 Å². The third-order valence-corrected chi connectivity index (χ3v) is 3.89. The number of H-pyrrole nitrogens is 1. The fraction of sp³-hybridized carbons (Fsp3) is 0.615. The van der Waals surface area contributed by atoms with Crippen molar-refractivity contribution in [2.24, 2.45) is 0 Å². The highest BCUT2D eigenvalue weighted by Crippen LogP contribution is 2.36. The first kappa shape index (κ1) is 14.3. The molecule has 5 nitrogen and oxygen atoms in total. The predicted octanol–water partition coefficient (Wildman–Crippen LogP) is 0.209. The summed E-state index contributed by atoms with van der Waals surface area (Å²) < 4.78 is 11.7. The van der Waals surface area contributed by atoms with Crippen LogP contribution in [0.25, 0.3) is 0 Å². The van der Waals surface area contributed by atoms with Crippen LogP contribution in [0.4, 0.5) is 0 Å². The molecule has 1 fully saturated rings. The maximum Gasteiger partial charge on any atom is 0.500 e. The van der Waals surface area contributed by atoms with Crippen LogP contribution in [0.2, 0.25) is 0 Å². The predicted molar refractivity (Wildman–Crippen MR) is 73.6 cm³/mol. The van der Waals surface area contributed by atoms with E-state index < -0.39 is 18.3 Å². The van der Waals surface area contributed by atoms with E-state index in [1.54, 1.807) is 12.1 Å². The van der Waals surface area contributed by atoms with Gasteiger partial charge in [0.1, 0.15) is 0 Å². The van der Waals surface area contributed by atoms with Crippen LogP contribution in [0.15, 0.2) is 16.9 Å². The molecule has 2 heterocycles. The third-order valence-electron chi connectivity index (χ3n) is 3.89. The molecule has 0 atom stereocenters. The summed E-state index contributed by atoms with van der Waals surface area (Å²) in [5.74, 6) is 0. The van der Waals surface area contributed by atoms with E-state index in [2.05, 4.69) is 4.98 Å². The standard InChI is InChI=1S/C13H20BNO4/c1-12(2)13(3,4)19-14(18-12)10-6-5-9(7-8-16)15-11(10)17/h5-6,16H,7-8H2,1-4H3,(H,15,17). The SMILES string of the molecule is CC1(C)OB(c2ccc(CCO)[nH]c2=O)OC1(C)C. The maximum absolute atomic E-state index is 12.0. The Labute approximate surface area is 113 Å². The molecule has 0 saturated carbocycles. The molecule has 0 bridgehead atoms. The van der Waals surface area contributed by atoms with E-state index in [-0.39, 0.29) is 12.2 Å². The van der Waals surface area contributed by atoms with E-state index in [1.807, 2.05) is 27.7 Å². The van der Waals surface area contributed by atoms with Crippen LogP contribution in [0.3, 0.4) is 0 Å². The molecule has 0 aromatic carbocycles. The Morgan fingerprint density at radius 2 is 1.79 bits per heavy atom. The zero-order valence-electron chi connectivity index (χ0n) is 11.8. The lowest BCUT2D eigenvalue weighted by atomic mass is 9.80. The zero-order chi connectivity index (χ0) is 14.3. The first-order chi connectivity index (χ1) is 8.77. The van der Waals surface area contributed by atoms with Crippen molar-refractivity contribution in [2.75, 3.05) is 6.61 Å². The summed E-state index contributed by atoms with van der Waals surface area (Å²) >= 11 is 0. The van der Waals surface area contributed by atoms with Crippen molar-refractivity contribution in [1.29, 1.82) is 0 Å². The molecule has 2 N–H and O–H groups in total. The normalized spacial score (nSPS) is 20.8.